The number of carbonyl (C=O) groups is 1. The second kappa shape index (κ2) is 3.95. The van der Waals surface area contributed by atoms with Crippen LogP contribution in [-0.2, 0) is 14.3 Å². The lowest BCUT2D eigenvalue weighted by Gasteiger charge is -2.13. The zero-order valence-electron chi connectivity index (χ0n) is 7.29. The average Bonchev–Trinajstić information content (AvgIpc) is 2.09. The van der Waals surface area contributed by atoms with Gasteiger partial charge in [-0.25, -0.2) is 0 Å². The summed E-state index contributed by atoms with van der Waals surface area (Å²) in [5.74, 6) is 0.635. The summed E-state index contributed by atoms with van der Waals surface area (Å²) < 4.78 is 9.71. The van der Waals surface area contributed by atoms with Crippen LogP contribution in [0.2, 0.25) is 0 Å². The zero-order valence-corrected chi connectivity index (χ0v) is 7.29. The fourth-order valence-corrected chi connectivity index (χ4v) is 0.826. The highest BCUT2D eigenvalue weighted by atomic mass is 16.5. The molecule has 0 amide bonds. The number of allylic oxidation sites excluding steroid dienone is 3. The van der Waals surface area contributed by atoms with E-state index in [-0.39, 0.29) is 5.97 Å². The van der Waals surface area contributed by atoms with Crippen molar-refractivity contribution < 1.29 is 14.3 Å². The predicted molar refractivity (Wildman–Crippen MR) is 44.4 cm³/mol. The molecule has 0 heterocycles. The van der Waals surface area contributed by atoms with E-state index in [0.29, 0.717) is 13.0 Å². The number of ether oxygens (including phenoxy) is 2. The number of hydrogen-bond acceptors (Lipinski definition) is 3. The van der Waals surface area contributed by atoms with Gasteiger partial charge in [-0.15, -0.1) is 0 Å². The van der Waals surface area contributed by atoms with Crippen molar-refractivity contribution in [2.45, 2.75) is 13.3 Å². The van der Waals surface area contributed by atoms with Gasteiger partial charge >= 0.3 is 5.97 Å². The molecule has 0 fully saturated rings. The second-order valence-corrected chi connectivity index (χ2v) is 2.56. The molecule has 0 saturated heterocycles. The van der Waals surface area contributed by atoms with E-state index in [2.05, 4.69) is 4.74 Å². The highest BCUT2D eigenvalue weighted by Crippen LogP contribution is 2.18. The number of methoxy groups -OCH3 is 1. The first-order chi connectivity index (χ1) is 5.74. The standard InChI is InChI=1S/C9H12O3/c1-7-3-4-8(7)12-6-5-9(10)11-2/h3-4H,5-6H2,1-2H3. The van der Waals surface area contributed by atoms with E-state index in [9.17, 15) is 4.79 Å². The minimum Gasteiger partial charge on any atom is -0.493 e. The van der Waals surface area contributed by atoms with Crippen molar-refractivity contribution >= 4 is 5.97 Å². The van der Waals surface area contributed by atoms with Crippen LogP contribution in [-0.4, -0.2) is 19.7 Å². The average molecular weight is 168 g/mol. The number of carbonyl (C=O) groups excluding carboxylic acids is 1. The first-order valence-corrected chi connectivity index (χ1v) is 3.82. The van der Waals surface area contributed by atoms with Crippen molar-refractivity contribution in [3.8, 4) is 0 Å². The monoisotopic (exact) mass is 168 g/mol. The lowest BCUT2D eigenvalue weighted by atomic mass is 10.1. The highest BCUT2D eigenvalue weighted by Gasteiger charge is 2.07. The van der Waals surface area contributed by atoms with Crippen LogP contribution in [0.15, 0.2) is 23.5 Å². The van der Waals surface area contributed by atoms with Gasteiger partial charge in [-0.2, -0.15) is 0 Å². The summed E-state index contributed by atoms with van der Waals surface area (Å²) in [6.45, 7) is 2.36. The Bertz CT molecular complexity index is 238. The molecule has 0 aromatic heterocycles. The largest absolute Gasteiger partial charge is 0.493 e. The van der Waals surface area contributed by atoms with Crippen molar-refractivity contribution in [1.82, 2.24) is 0 Å². The van der Waals surface area contributed by atoms with Crippen molar-refractivity contribution in [1.29, 1.82) is 0 Å². The first-order valence-electron chi connectivity index (χ1n) is 3.82. The molecule has 66 valence electrons. The van der Waals surface area contributed by atoms with Crippen LogP contribution in [0.3, 0.4) is 0 Å². The van der Waals surface area contributed by atoms with E-state index >= 15 is 0 Å². The fourth-order valence-electron chi connectivity index (χ4n) is 0.826. The Morgan fingerprint density at radius 3 is 2.67 bits per heavy atom. The molecule has 1 rings (SSSR count). The molecule has 0 unspecified atom stereocenters. The number of rotatable bonds is 4. The molecular formula is C9H12O3. The van der Waals surface area contributed by atoms with Gasteiger partial charge in [0.2, 0.25) is 0 Å². The third kappa shape index (κ3) is 2.12. The molecule has 1 aliphatic rings. The minimum atomic E-state index is -0.239. The highest BCUT2D eigenvalue weighted by molar-refractivity contribution is 5.69. The zero-order chi connectivity index (χ0) is 8.97. The molecule has 0 atom stereocenters. The molecule has 3 nitrogen and oxygen atoms in total. The molecule has 0 radical (unpaired) electrons. The van der Waals surface area contributed by atoms with Gasteiger partial charge < -0.3 is 9.47 Å². The number of hydrogen-bond donors (Lipinski definition) is 0. The summed E-state index contributed by atoms with van der Waals surface area (Å²) in [7, 11) is 1.37. The molecule has 0 aromatic rings. The van der Waals surface area contributed by atoms with Crippen molar-refractivity contribution in [3.05, 3.63) is 23.5 Å². The summed E-state index contributed by atoms with van der Waals surface area (Å²) >= 11 is 0. The van der Waals surface area contributed by atoms with Crippen LogP contribution in [0.4, 0.5) is 0 Å². The van der Waals surface area contributed by atoms with E-state index < -0.39 is 0 Å². The minimum absolute atomic E-state index is 0.239. The summed E-state index contributed by atoms with van der Waals surface area (Å²) in [5.41, 5.74) is 1.12. The third-order valence-corrected chi connectivity index (χ3v) is 1.66. The summed E-state index contributed by atoms with van der Waals surface area (Å²) in [4.78, 5) is 10.6. The van der Waals surface area contributed by atoms with Gasteiger partial charge in [0, 0.05) is 0 Å². The fraction of sp³-hybridized carbons (Fsp3) is 0.444. The van der Waals surface area contributed by atoms with Gasteiger partial charge in [0.05, 0.1) is 20.1 Å². The Morgan fingerprint density at radius 1 is 1.50 bits per heavy atom. The molecule has 0 aliphatic heterocycles. The first kappa shape index (κ1) is 8.84. The van der Waals surface area contributed by atoms with Gasteiger partial charge in [-0.3, -0.25) is 4.79 Å². The molecule has 12 heavy (non-hydrogen) atoms. The van der Waals surface area contributed by atoms with Crippen molar-refractivity contribution in [3.63, 3.8) is 0 Å². The second-order valence-electron chi connectivity index (χ2n) is 2.56. The van der Waals surface area contributed by atoms with Crippen LogP contribution in [0.5, 0.6) is 0 Å². The van der Waals surface area contributed by atoms with Gasteiger partial charge in [0.15, 0.2) is 0 Å². The van der Waals surface area contributed by atoms with Crippen LogP contribution in [0.1, 0.15) is 13.3 Å². The Morgan fingerprint density at radius 2 is 2.25 bits per heavy atom. The van der Waals surface area contributed by atoms with Crippen LogP contribution >= 0.6 is 0 Å². The van der Waals surface area contributed by atoms with E-state index in [1.54, 1.807) is 0 Å². The van der Waals surface area contributed by atoms with Crippen LogP contribution in [0.25, 0.3) is 0 Å². The van der Waals surface area contributed by atoms with E-state index in [1.807, 2.05) is 19.1 Å². The van der Waals surface area contributed by atoms with E-state index in [0.717, 1.165) is 11.3 Å². The summed E-state index contributed by atoms with van der Waals surface area (Å²) in [5, 5.41) is 0. The molecule has 0 bridgehead atoms. The van der Waals surface area contributed by atoms with Gasteiger partial charge in [-0.1, -0.05) is 6.08 Å². The Labute approximate surface area is 71.7 Å². The smallest absolute Gasteiger partial charge is 0.308 e. The maximum atomic E-state index is 10.6. The van der Waals surface area contributed by atoms with Crippen molar-refractivity contribution in [2.24, 2.45) is 0 Å². The van der Waals surface area contributed by atoms with Gasteiger partial charge in [-0.05, 0) is 18.6 Å². The maximum absolute atomic E-state index is 10.6. The topological polar surface area (TPSA) is 35.5 Å². The van der Waals surface area contributed by atoms with Crippen LogP contribution < -0.4 is 0 Å². The molecular weight excluding hydrogens is 156 g/mol. The molecule has 3 heteroatoms. The third-order valence-electron chi connectivity index (χ3n) is 1.66. The molecule has 0 aromatic carbocycles. The Kier molecular flexibility index (Phi) is 2.91. The van der Waals surface area contributed by atoms with E-state index in [1.165, 1.54) is 7.11 Å². The quantitative estimate of drug-likeness (QED) is 0.595. The Balaban J connectivity index is 2.11. The summed E-state index contributed by atoms with van der Waals surface area (Å²) in [6, 6.07) is 0. The van der Waals surface area contributed by atoms with Crippen LogP contribution in [0, 0.1) is 0 Å². The molecule has 0 spiro atoms. The molecule has 1 aliphatic carbocycles. The maximum Gasteiger partial charge on any atom is 0.308 e. The van der Waals surface area contributed by atoms with Crippen molar-refractivity contribution in [2.75, 3.05) is 13.7 Å². The lowest BCUT2D eigenvalue weighted by molar-refractivity contribution is -0.141. The Hall–Kier alpha value is -1.25. The number of esters is 1. The SMILES string of the molecule is COC(=O)CCOC1=C(C)C=C1. The van der Waals surface area contributed by atoms with Gasteiger partial charge in [0.25, 0.3) is 0 Å². The predicted octanol–water partition coefficient (Wildman–Crippen LogP) is 1.41. The normalized spacial score (nSPS) is 14.2. The summed E-state index contributed by atoms with van der Waals surface area (Å²) in [6.07, 6.45) is 4.15. The molecule has 0 saturated carbocycles. The van der Waals surface area contributed by atoms with Gasteiger partial charge in [0.1, 0.15) is 5.76 Å². The molecule has 0 N–H and O–H groups in total. The lowest BCUT2D eigenvalue weighted by Crippen LogP contribution is -2.07. The van der Waals surface area contributed by atoms with E-state index in [4.69, 9.17) is 4.74 Å².